The maximum Gasteiger partial charge on any atom is 0.434 e. The maximum absolute atomic E-state index is 13.0. The molecule has 3 heterocycles. The summed E-state index contributed by atoms with van der Waals surface area (Å²) in [6, 6.07) is 0.419. The Morgan fingerprint density at radius 3 is 2.21 bits per heavy atom. The quantitative estimate of drug-likeness (QED) is 0.582. The molecule has 0 spiro atoms. The van der Waals surface area contributed by atoms with Crippen LogP contribution in [0.5, 0.6) is 0 Å². The lowest BCUT2D eigenvalue weighted by molar-refractivity contribution is -0.141. The minimum absolute atomic E-state index is 0.130. The number of sulfone groups is 1. The number of fused-ring (bicyclic) bond motifs is 1. The van der Waals surface area contributed by atoms with Crippen molar-refractivity contribution < 1.29 is 34.8 Å². The Morgan fingerprint density at radius 2 is 1.66 bits per heavy atom. The highest BCUT2D eigenvalue weighted by Gasteiger charge is 2.36. The highest BCUT2D eigenvalue weighted by atomic mass is 32.2. The number of rotatable bonds is 3. The fourth-order valence-corrected chi connectivity index (χ4v) is 3.52. The van der Waals surface area contributed by atoms with Crippen LogP contribution < -0.4 is 0 Å². The van der Waals surface area contributed by atoms with Gasteiger partial charge in [-0.05, 0) is 6.07 Å². The molecular weight excluding hydrogens is 428 g/mol. The van der Waals surface area contributed by atoms with Gasteiger partial charge in [0.2, 0.25) is 0 Å². The summed E-state index contributed by atoms with van der Waals surface area (Å²) in [6.07, 6.45) is -8.74. The zero-order chi connectivity index (χ0) is 21.8. The summed E-state index contributed by atoms with van der Waals surface area (Å²) in [6.45, 7) is 1.23. The predicted octanol–water partition coefficient (Wildman–Crippen LogP) is 3.26. The molecule has 0 aliphatic heterocycles. The van der Waals surface area contributed by atoms with Gasteiger partial charge in [0.05, 0.1) is 22.4 Å². The van der Waals surface area contributed by atoms with Crippen LogP contribution >= 0.6 is 0 Å². The first-order chi connectivity index (χ1) is 13.3. The van der Waals surface area contributed by atoms with Crippen LogP contribution in [-0.4, -0.2) is 38.7 Å². The molecule has 0 aromatic carbocycles. The molecule has 29 heavy (non-hydrogen) atoms. The largest absolute Gasteiger partial charge is 0.434 e. The second-order valence-electron chi connectivity index (χ2n) is 5.87. The van der Waals surface area contributed by atoms with Crippen molar-refractivity contribution in [3.05, 3.63) is 29.7 Å². The normalized spacial score (nSPS) is 13.2. The molecule has 0 N–H and O–H groups in total. The van der Waals surface area contributed by atoms with Gasteiger partial charge in [0.15, 0.2) is 32.6 Å². The minimum Gasteiger partial charge on any atom is -0.309 e. The van der Waals surface area contributed by atoms with Crippen molar-refractivity contribution in [2.45, 2.75) is 24.2 Å². The summed E-state index contributed by atoms with van der Waals surface area (Å²) in [7, 11) is -2.88. The van der Waals surface area contributed by atoms with Gasteiger partial charge in [0.1, 0.15) is 5.69 Å². The van der Waals surface area contributed by atoms with Crippen molar-refractivity contribution in [1.29, 1.82) is 0 Å². The Hall–Kier alpha value is -2.77. The van der Waals surface area contributed by atoms with Gasteiger partial charge in [0, 0.05) is 13.2 Å². The fourth-order valence-electron chi connectivity index (χ4n) is 2.47. The number of alkyl halides is 6. The average Bonchev–Trinajstić information content (AvgIpc) is 2.96. The molecule has 0 saturated heterocycles. The van der Waals surface area contributed by atoms with Crippen LogP contribution in [0.2, 0.25) is 0 Å². The molecule has 14 heteroatoms. The van der Waals surface area contributed by atoms with Crippen LogP contribution in [0, 0.1) is 0 Å². The third-order valence-electron chi connectivity index (χ3n) is 3.98. The SMILES string of the molecule is CCS(=O)(=O)c1cc(C(F)(F)F)cnc1-c1nc2nc(C(F)(F)F)cnc2n1C. The maximum atomic E-state index is 13.0. The summed E-state index contributed by atoms with van der Waals surface area (Å²) >= 11 is 0. The lowest BCUT2D eigenvalue weighted by Crippen LogP contribution is -2.13. The van der Waals surface area contributed by atoms with Crippen LogP contribution in [0.3, 0.4) is 0 Å². The zero-order valence-corrected chi connectivity index (χ0v) is 15.5. The van der Waals surface area contributed by atoms with E-state index in [1.807, 2.05) is 0 Å². The van der Waals surface area contributed by atoms with Gasteiger partial charge in [-0.15, -0.1) is 0 Å². The van der Waals surface area contributed by atoms with Crippen molar-refractivity contribution in [2.75, 3.05) is 5.75 Å². The molecule has 0 aliphatic carbocycles. The molecule has 3 rings (SSSR count). The molecule has 3 aromatic heterocycles. The first-order valence-corrected chi connectivity index (χ1v) is 9.48. The Labute approximate surface area is 159 Å². The molecule has 0 bridgehead atoms. The van der Waals surface area contributed by atoms with Crippen LogP contribution in [0.15, 0.2) is 23.4 Å². The van der Waals surface area contributed by atoms with Gasteiger partial charge in [0.25, 0.3) is 0 Å². The third-order valence-corrected chi connectivity index (χ3v) is 5.72. The Morgan fingerprint density at radius 1 is 1.00 bits per heavy atom. The summed E-state index contributed by atoms with van der Waals surface area (Å²) < 4.78 is 103. The van der Waals surface area contributed by atoms with E-state index in [-0.39, 0.29) is 11.5 Å². The first kappa shape index (κ1) is 21.0. The van der Waals surface area contributed by atoms with Crippen molar-refractivity contribution >= 4 is 21.1 Å². The summed E-state index contributed by atoms with van der Waals surface area (Å²) in [4.78, 5) is 13.7. The highest BCUT2D eigenvalue weighted by Crippen LogP contribution is 2.35. The molecule has 0 radical (unpaired) electrons. The van der Waals surface area contributed by atoms with E-state index in [4.69, 9.17) is 0 Å². The Kier molecular flexibility index (Phi) is 4.80. The van der Waals surface area contributed by atoms with E-state index in [1.165, 1.54) is 14.0 Å². The average molecular weight is 439 g/mol. The number of hydrogen-bond acceptors (Lipinski definition) is 6. The van der Waals surface area contributed by atoms with Crippen molar-refractivity contribution in [2.24, 2.45) is 7.05 Å². The van der Waals surface area contributed by atoms with Crippen LogP contribution in [0.25, 0.3) is 22.8 Å². The Balaban J connectivity index is 2.30. The van der Waals surface area contributed by atoms with Crippen LogP contribution in [-0.2, 0) is 29.2 Å². The van der Waals surface area contributed by atoms with Gasteiger partial charge in [-0.2, -0.15) is 26.3 Å². The molecule has 156 valence electrons. The summed E-state index contributed by atoms with van der Waals surface area (Å²) in [5.41, 5.74) is -3.65. The molecule has 0 fully saturated rings. The molecule has 3 aromatic rings. The van der Waals surface area contributed by atoms with Crippen molar-refractivity contribution in [1.82, 2.24) is 24.5 Å². The van der Waals surface area contributed by atoms with Crippen LogP contribution in [0.4, 0.5) is 26.3 Å². The van der Waals surface area contributed by atoms with Gasteiger partial charge in [-0.3, -0.25) is 4.98 Å². The van der Waals surface area contributed by atoms with E-state index >= 15 is 0 Å². The molecule has 7 nitrogen and oxygen atoms in total. The third kappa shape index (κ3) is 3.75. The lowest BCUT2D eigenvalue weighted by Gasteiger charge is -2.12. The second-order valence-corrected chi connectivity index (χ2v) is 8.11. The number of halogens is 6. The van der Waals surface area contributed by atoms with E-state index in [0.29, 0.717) is 18.5 Å². The monoisotopic (exact) mass is 439 g/mol. The molecule has 0 unspecified atom stereocenters. The van der Waals surface area contributed by atoms with Crippen molar-refractivity contribution in [3.63, 3.8) is 0 Å². The predicted molar refractivity (Wildman–Crippen MR) is 87.3 cm³/mol. The second kappa shape index (κ2) is 6.64. The van der Waals surface area contributed by atoms with E-state index in [1.54, 1.807) is 0 Å². The number of pyridine rings is 1. The van der Waals surface area contributed by atoms with Gasteiger partial charge in [-0.25, -0.2) is 23.4 Å². The Bertz CT molecular complexity index is 1200. The zero-order valence-electron chi connectivity index (χ0n) is 14.7. The molecule has 0 amide bonds. The molecule has 0 atom stereocenters. The topological polar surface area (TPSA) is 90.6 Å². The minimum atomic E-state index is -4.85. The molecule has 0 saturated carbocycles. The summed E-state index contributed by atoms with van der Waals surface area (Å²) in [5, 5.41) is 0. The van der Waals surface area contributed by atoms with E-state index in [0.717, 1.165) is 4.57 Å². The van der Waals surface area contributed by atoms with Gasteiger partial charge < -0.3 is 4.57 Å². The number of aryl methyl sites for hydroxylation is 1. The van der Waals surface area contributed by atoms with Crippen LogP contribution in [0.1, 0.15) is 18.2 Å². The standard InChI is InChI=1S/C15H11F6N5O2S/c1-3-29(27,28)8-4-7(14(16,17)18)5-22-10(8)12-25-11-13(26(12)2)23-6-9(24-11)15(19,20)21/h4-6H,3H2,1-2H3. The van der Waals surface area contributed by atoms with Gasteiger partial charge >= 0.3 is 12.4 Å². The number of imidazole rings is 1. The highest BCUT2D eigenvalue weighted by molar-refractivity contribution is 7.91. The number of aromatic nitrogens is 5. The molecular formula is C15H11F6N5O2S. The van der Waals surface area contributed by atoms with E-state index < -0.39 is 55.4 Å². The molecule has 0 aliphatic rings. The van der Waals surface area contributed by atoms with Crippen molar-refractivity contribution in [3.8, 4) is 11.5 Å². The smallest absolute Gasteiger partial charge is 0.309 e. The lowest BCUT2D eigenvalue weighted by atomic mass is 10.2. The van der Waals surface area contributed by atoms with E-state index in [2.05, 4.69) is 19.9 Å². The van der Waals surface area contributed by atoms with Gasteiger partial charge in [-0.1, -0.05) is 6.92 Å². The number of nitrogens with zero attached hydrogens (tertiary/aromatic N) is 5. The van der Waals surface area contributed by atoms with E-state index in [9.17, 15) is 34.8 Å². The first-order valence-electron chi connectivity index (χ1n) is 7.82. The number of hydrogen-bond donors (Lipinski definition) is 0. The fraction of sp³-hybridized carbons (Fsp3) is 0.333. The summed E-state index contributed by atoms with van der Waals surface area (Å²) in [5.74, 6) is -0.818.